The predicted octanol–water partition coefficient (Wildman–Crippen LogP) is 12.6. The van der Waals surface area contributed by atoms with E-state index in [-0.39, 0.29) is 30.0 Å². The average molecular weight is 1260 g/mol. The molecule has 0 unspecified atom stereocenters. The van der Waals surface area contributed by atoms with Crippen LogP contribution in [-0.2, 0) is 7.05 Å². The van der Waals surface area contributed by atoms with Gasteiger partial charge >= 0.3 is 0 Å². The number of hydrogen-bond donors (Lipinski definition) is 7. The van der Waals surface area contributed by atoms with Crippen molar-refractivity contribution in [2.75, 3.05) is 30.0 Å². The van der Waals surface area contributed by atoms with Gasteiger partial charge in [-0.3, -0.25) is 0 Å². The number of ether oxygens (including phenoxy) is 1. The van der Waals surface area contributed by atoms with Gasteiger partial charge in [-0.1, -0.05) is 18.2 Å². The molecular weight excluding hydrogens is 1190 g/mol. The van der Waals surface area contributed by atoms with Crippen LogP contribution in [0, 0.1) is 17.1 Å². The van der Waals surface area contributed by atoms with Crippen molar-refractivity contribution < 1.29 is 9.13 Å². The molecule has 27 heteroatoms. The number of nitrogen functional groups attached to an aromatic ring is 4. The Bertz CT molecular complexity index is 5590. The van der Waals surface area contributed by atoms with Gasteiger partial charge in [-0.15, -0.1) is 0 Å². The van der Waals surface area contributed by atoms with Crippen LogP contribution in [0.5, 0.6) is 5.75 Å². The molecule has 0 saturated carbocycles. The van der Waals surface area contributed by atoms with E-state index in [1.54, 1.807) is 19.2 Å². The lowest BCUT2D eigenvalue weighted by Crippen LogP contribution is -2.04. The maximum absolute atomic E-state index is 13.4. The summed E-state index contributed by atoms with van der Waals surface area (Å²) in [5, 5.41) is 34.9. The number of para-hydroxylation sites is 1. The van der Waals surface area contributed by atoms with Crippen LogP contribution in [0.2, 0.25) is 0 Å². The highest BCUT2D eigenvalue weighted by molar-refractivity contribution is 6.04. The lowest BCUT2D eigenvalue weighted by molar-refractivity contribution is 0.415. The maximum atomic E-state index is 13.4. The van der Waals surface area contributed by atoms with Gasteiger partial charge in [0.2, 0.25) is 0 Å². The lowest BCUT2D eigenvalue weighted by Gasteiger charge is -2.05. The molecule has 0 fully saturated rings. The van der Waals surface area contributed by atoms with Gasteiger partial charge in [0.25, 0.3) is 0 Å². The van der Waals surface area contributed by atoms with E-state index < -0.39 is 0 Å². The van der Waals surface area contributed by atoms with Gasteiger partial charge in [0, 0.05) is 74.8 Å². The molecule has 0 aliphatic carbocycles. The fraction of sp³-hybridized carbons (Fsp3) is 0.209. The first kappa shape index (κ1) is 60.6. The van der Waals surface area contributed by atoms with Crippen LogP contribution in [0.15, 0.2) is 128 Å². The molecule has 26 nitrogen and oxygen atoms in total. The van der Waals surface area contributed by atoms with Crippen molar-refractivity contribution in [3.05, 3.63) is 140 Å². The number of aromatic amines is 3. The Morgan fingerprint density at radius 3 is 1.24 bits per heavy atom. The van der Waals surface area contributed by atoms with Crippen molar-refractivity contribution in [3.8, 4) is 57.4 Å². The predicted molar refractivity (Wildman–Crippen MR) is 365 cm³/mol. The Kier molecular flexibility index (Phi) is 15.5. The summed E-state index contributed by atoms with van der Waals surface area (Å²) in [6.07, 6.45) is 5.84. The van der Waals surface area contributed by atoms with Gasteiger partial charge in [0.05, 0.1) is 63.1 Å². The first-order valence-corrected chi connectivity index (χ1v) is 30.3. The summed E-state index contributed by atoms with van der Waals surface area (Å²) in [6, 6.07) is 35.1. The standard InChI is InChI=1S/C17H15N7.C17H18N6O.C17H18N6.C16H15FN6/c1-9(2)24-17-14(16(19)20-8-21-17)15(23-24)13-6-11-5-10(7-18)3-4-12(11)22-13;1-9(2)23-17-14(16(18)19-8-20-17)15(22-23)13-7-10-6-11(24-3)4-5-12(10)21-13;1-10(2)23-17-14(16(18)19-9-20-17)15(21-23)13-8-11-6-4-5-7-12(11)22(13)3;1-8(2)23-16-13(15(18)19-7-20-16)14(22-23)12-6-9-5-10(17)3-4-11(9)21-12/h3-6,8-9,22H,1-2H3,(H2,19,20,21);4-9,21H,1-3H3,(H2,18,19,20);4-10H,1-3H3,(H2,18,19,20);3-8,21H,1-2H3,(H2,18,19,20). The number of nitrogens with zero attached hydrogens (tertiary/aromatic N) is 18. The van der Waals surface area contributed by atoms with Gasteiger partial charge in [-0.25, -0.2) is 63.0 Å². The van der Waals surface area contributed by atoms with Crippen molar-refractivity contribution in [2.45, 2.75) is 79.6 Å². The number of aromatic nitrogens is 20. The van der Waals surface area contributed by atoms with E-state index in [9.17, 15) is 4.39 Å². The molecule has 0 bridgehead atoms. The van der Waals surface area contributed by atoms with E-state index in [1.807, 2.05) is 114 Å². The van der Waals surface area contributed by atoms with Crippen molar-refractivity contribution in [1.29, 1.82) is 5.26 Å². The summed E-state index contributed by atoms with van der Waals surface area (Å²) in [6.45, 7) is 16.4. The van der Waals surface area contributed by atoms with Crippen LogP contribution in [-0.4, -0.2) is 106 Å². The van der Waals surface area contributed by atoms with Gasteiger partial charge in [-0.05, 0) is 140 Å². The SMILES string of the molecule is CC(C)n1nc(-c2cc3cc(C#N)ccc3[nH]2)c2c(N)ncnc21.CC(C)n1nc(-c2cc3cc(F)ccc3[nH]2)c2c(N)ncnc21.CC(C)n1nc(-c2cc3ccccc3n2C)c2c(N)ncnc21.COc1ccc2[nH]c(-c3nn(C(C)C)c4ncnc(N)c34)cc2c1. The normalized spacial score (nSPS) is 11.7. The molecule has 11 N–H and O–H groups in total. The second-order valence-corrected chi connectivity index (χ2v) is 23.7. The number of aryl methyl sites for hydroxylation is 1. The van der Waals surface area contributed by atoms with E-state index in [0.717, 1.165) is 106 Å². The number of nitriles is 1. The summed E-state index contributed by atoms with van der Waals surface area (Å²) in [7, 11) is 3.70. The summed E-state index contributed by atoms with van der Waals surface area (Å²) in [4.78, 5) is 43.9. The minimum atomic E-state index is -0.275. The van der Waals surface area contributed by atoms with E-state index in [0.29, 0.717) is 56.9 Å². The average Bonchev–Trinajstić information content (AvgIpc) is 1.63. The number of rotatable bonds is 9. The second kappa shape index (κ2) is 24.1. The summed E-state index contributed by atoms with van der Waals surface area (Å²) >= 11 is 0. The van der Waals surface area contributed by atoms with Crippen molar-refractivity contribution in [2.24, 2.45) is 7.05 Å². The number of halogens is 1. The third-order valence-corrected chi connectivity index (χ3v) is 16.1. The summed E-state index contributed by atoms with van der Waals surface area (Å²) in [5.41, 5.74) is 38.3. The molecule has 16 rings (SSSR count). The molecule has 472 valence electrons. The molecule has 16 aromatic rings. The van der Waals surface area contributed by atoms with Gasteiger partial charge < -0.3 is 47.2 Å². The topological polar surface area (TPSA) is 364 Å². The number of H-pyrrole nitrogens is 3. The zero-order valence-electron chi connectivity index (χ0n) is 53.1. The molecular formula is C67H66FN25O. The third kappa shape index (κ3) is 10.8. The first-order valence-electron chi connectivity index (χ1n) is 30.3. The molecule has 94 heavy (non-hydrogen) atoms. The van der Waals surface area contributed by atoms with Gasteiger partial charge in [0.15, 0.2) is 22.6 Å². The quantitative estimate of drug-likeness (QED) is 0.0706. The molecule has 0 amide bonds. The highest BCUT2D eigenvalue weighted by atomic mass is 19.1. The van der Waals surface area contributed by atoms with E-state index in [1.165, 1.54) is 42.8 Å². The smallest absolute Gasteiger partial charge is 0.164 e. The summed E-state index contributed by atoms with van der Waals surface area (Å²) < 4.78 is 28.3. The zero-order valence-corrected chi connectivity index (χ0v) is 53.1. The molecule has 12 heterocycles. The molecule has 4 aromatic carbocycles. The number of nitrogens with two attached hydrogens (primary N) is 4. The van der Waals surface area contributed by atoms with Crippen LogP contribution in [0.4, 0.5) is 27.7 Å². The Morgan fingerprint density at radius 1 is 0.447 bits per heavy atom. The number of anilines is 4. The Balaban J connectivity index is 0.000000114. The van der Waals surface area contributed by atoms with Crippen molar-refractivity contribution >= 4 is 111 Å². The minimum Gasteiger partial charge on any atom is -0.497 e. The Labute approximate surface area is 535 Å². The van der Waals surface area contributed by atoms with Crippen molar-refractivity contribution in [1.82, 2.24) is 98.5 Å². The van der Waals surface area contributed by atoms with E-state index in [2.05, 4.69) is 116 Å². The first-order chi connectivity index (χ1) is 45.3. The number of nitrogens with one attached hydrogen (secondary N) is 3. The van der Waals surface area contributed by atoms with Gasteiger partial charge in [0.1, 0.15) is 82.9 Å². The third-order valence-electron chi connectivity index (χ3n) is 16.1. The minimum absolute atomic E-state index is 0.127. The monoisotopic (exact) mass is 1260 g/mol. The fourth-order valence-electron chi connectivity index (χ4n) is 11.6. The van der Waals surface area contributed by atoms with Gasteiger partial charge in [-0.2, -0.15) is 25.7 Å². The number of benzene rings is 4. The Morgan fingerprint density at radius 2 is 0.830 bits per heavy atom. The van der Waals surface area contributed by atoms with Crippen LogP contribution in [0.1, 0.15) is 85.1 Å². The number of hydrogen-bond acceptors (Lipinski definition) is 18. The molecule has 0 radical (unpaired) electrons. The van der Waals surface area contributed by atoms with Crippen molar-refractivity contribution in [3.63, 3.8) is 0 Å². The number of fused-ring (bicyclic) bond motifs is 8. The second-order valence-electron chi connectivity index (χ2n) is 23.7. The molecule has 0 saturated heterocycles. The zero-order chi connectivity index (χ0) is 66.0. The van der Waals surface area contributed by atoms with Crippen LogP contribution in [0.3, 0.4) is 0 Å². The summed E-state index contributed by atoms with van der Waals surface area (Å²) in [5.74, 6) is 2.21. The highest BCUT2D eigenvalue weighted by Gasteiger charge is 2.25. The van der Waals surface area contributed by atoms with Crippen LogP contribution in [0.25, 0.3) is 133 Å². The molecule has 0 aliphatic rings. The molecule has 12 aromatic heterocycles. The maximum Gasteiger partial charge on any atom is 0.164 e. The Hall–Kier alpha value is -12.3. The molecule has 0 aliphatic heterocycles. The molecule has 0 spiro atoms. The van der Waals surface area contributed by atoms with Crippen LogP contribution >= 0.6 is 0 Å². The van der Waals surface area contributed by atoms with Crippen LogP contribution < -0.4 is 27.7 Å². The van der Waals surface area contributed by atoms with E-state index >= 15 is 0 Å². The lowest BCUT2D eigenvalue weighted by atomic mass is 10.1. The number of methoxy groups -OCH3 is 1. The molecule has 0 atom stereocenters. The highest BCUT2D eigenvalue weighted by Crippen LogP contribution is 2.38. The largest absolute Gasteiger partial charge is 0.497 e. The fourth-order valence-corrected chi connectivity index (χ4v) is 11.6. The van der Waals surface area contributed by atoms with E-state index in [4.69, 9.17) is 48.2 Å².